The van der Waals surface area contributed by atoms with Crippen molar-refractivity contribution >= 4 is 22.4 Å². The molecule has 188 valence electrons. The zero-order valence-corrected chi connectivity index (χ0v) is 21.8. The van der Waals surface area contributed by atoms with Gasteiger partial charge >= 0.3 is 0 Å². The van der Waals surface area contributed by atoms with Crippen LogP contribution in [-0.4, -0.2) is 26.8 Å². The molecule has 1 aromatic carbocycles. The Bertz CT molecular complexity index is 1220. The third-order valence-corrected chi connectivity index (χ3v) is 7.06. The molecule has 2 heterocycles. The molecule has 0 unspecified atom stereocenters. The topological polar surface area (TPSA) is 91.6 Å². The number of hydrogen-bond donors (Lipinski definition) is 1. The number of carbonyl (C=O) groups is 1. The fraction of sp³-hybridized carbons (Fsp3) is 0.500. The summed E-state index contributed by atoms with van der Waals surface area (Å²) in [4.78, 5) is 26.0. The lowest BCUT2D eigenvalue weighted by molar-refractivity contribution is 0.0968. The van der Waals surface area contributed by atoms with Gasteiger partial charge in [-0.2, -0.15) is 5.26 Å². The second kappa shape index (κ2) is 12.1. The molecule has 0 radical (unpaired) electrons. The van der Waals surface area contributed by atoms with Gasteiger partial charge in [-0.3, -0.25) is 9.78 Å². The Kier molecular flexibility index (Phi) is 8.64. The summed E-state index contributed by atoms with van der Waals surface area (Å²) >= 11 is 0. The number of rotatable bonds is 7. The van der Waals surface area contributed by atoms with E-state index in [9.17, 15) is 4.79 Å². The van der Waals surface area contributed by atoms with Crippen molar-refractivity contribution < 1.29 is 4.79 Å². The Morgan fingerprint density at radius 1 is 0.972 bits per heavy atom. The molecule has 0 saturated heterocycles. The standard InChI is InChI=1S/C27H29N5O.C3H8/c1-2-3-17-4-9-21(10-5-17)32-26-22-12-19(20-14-30-25(13-28)31-15-20)8-11-24(22)29-16-23(26)27(33)18-6-7-18;1-3-2/h8,11-12,14-18,21H,2-7,9-10H2,1H3,(H,29,32);3H2,1-2H3. The molecule has 2 aromatic heterocycles. The van der Waals surface area contributed by atoms with Crippen molar-refractivity contribution in [2.45, 2.75) is 84.6 Å². The quantitative estimate of drug-likeness (QED) is 0.353. The Hall–Kier alpha value is -3.33. The van der Waals surface area contributed by atoms with E-state index < -0.39 is 0 Å². The molecular formula is C30H37N5O. The fourth-order valence-electron chi connectivity index (χ4n) is 5.02. The number of aromatic nitrogens is 3. The number of anilines is 1. The smallest absolute Gasteiger partial charge is 0.232 e. The second-order valence-corrected chi connectivity index (χ2v) is 10.2. The summed E-state index contributed by atoms with van der Waals surface area (Å²) in [6, 6.07) is 8.37. The molecule has 0 atom stereocenters. The first-order chi connectivity index (χ1) is 17.6. The van der Waals surface area contributed by atoms with Crippen LogP contribution in [0.2, 0.25) is 0 Å². The van der Waals surface area contributed by atoms with Crippen molar-refractivity contribution in [3.05, 3.63) is 48.2 Å². The predicted molar refractivity (Wildman–Crippen MR) is 145 cm³/mol. The van der Waals surface area contributed by atoms with Crippen molar-refractivity contribution in [2.24, 2.45) is 11.8 Å². The Balaban J connectivity index is 0.000000967. The van der Waals surface area contributed by atoms with Gasteiger partial charge < -0.3 is 5.32 Å². The van der Waals surface area contributed by atoms with Crippen LogP contribution in [0.1, 0.15) is 94.7 Å². The average Bonchev–Trinajstić information content (AvgIpc) is 3.76. The first-order valence-corrected chi connectivity index (χ1v) is 13.5. The van der Waals surface area contributed by atoms with Gasteiger partial charge in [-0.25, -0.2) is 9.97 Å². The number of nitriles is 1. The highest BCUT2D eigenvalue weighted by Crippen LogP contribution is 2.39. The molecule has 6 nitrogen and oxygen atoms in total. The normalized spacial score (nSPS) is 19.2. The summed E-state index contributed by atoms with van der Waals surface area (Å²) in [6.07, 6.45) is 15.6. The maximum Gasteiger partial charge on any atom is 0.232 e. The highest BCUT2D eigenvalue weighted by molar-refractivity contribution is 6.10. The van der Waals surface area contributed by atoms with Crippen LogP contribution in [0.4, 0.5) is 5.69 Å². The van der Waals surface area contributed by atoms with Crippen LogP contribution in [0.3, 0.4) is 0 Å². The van der Waals surface area contributed by atoms with Crippen molar-refractivity contribution in [3.63, 3.8) is 0 Å². The maximum atomic E-state index is 13.1. The van der Waals surface area contributed by atoms with Gasteiger partial charge in [0.05, 0.1) is 16.8 Å². The molecule has 6 heteroatoms. The average molecular weight is 484 g/mol. The van der Waals surface area contributed by atoms with Crippen molar-refractivity contribution in [1.82, 2.24) is 15.0 Å². The monoisotopic (exact) mass is 483 g/mol. The number of benzene rings is 1. The molecule has 2 fully saturated rings. The van der Waals surface area contributed by atoms with Crippen LogP contribution in [0.5, 0.6) is 0 Å². The highest BCUT2D eigenvalue weighted by Gasteiger charge is 2.33. The molecule has 0 aliphatic heterocycles. The van der Waals surface area contributed by atoms with E-state index in [1.54, 1.807) is 18.6 Å². The lowest BCUT2D eigenvalue weighted by atomic mass is 9.83. The van der Waals surface area contributed by atoms with E-state index in [4.69, 9.17) is 5.26 Å². The SMILES string of the molecule is CCC.CCCC1CCC(Nc2c(C(=O)C3CC3)cnc3ccc(-c4cnc(C#N)nc4)cc23)CC1. The molecular weight excluding hydrogens is 446 g/mol. The number of carbonyl (C=O) groups excluding carboxylic acids is 1. The minimum atomic E-state index is 0.139. The number of pyridine rings is 1. The van der Waals surface area contributed by atoms with E-state index in [1.807, 2.05) is 18.2 Å². The first-order valence-electron chi connectivity index (χ1n) is 13.5. The number of nitrogens with one attached hydrogen (secondary N) is 1. The van der Waals surface area contributed by atoms with E-state index in [1.165, 1.54) is 32.1 Å². The van der Waals surface area contributed by atoms with Gasteiger partial charge in [0.2, 0.25) is 5.82 Å². The van der Waals surface area contributed by atoms with Crippen LogP contribution < -0.4 is 5.32 Å². The molecule has 5 rings (SSSR count). The summed E-state index contributed by atoms with van der Waals surface area (Å²) < 4.78 is 0. The molecule has 2 aliphatic rings. The third-order valence-electron chi connectivity index (χ3n) is 7.06. The van der Waals surface area contributed by atoms with Crippen LogP contribution >= 0.6 is 0 Å². The summed E-state index contributed by atoms with van der Waals surface area (Å²) in [5, 5.41) is 13.7. The first kappa shape index (κ1) is 25.8. The highest BCUT2D eigenvalue weighted by atomic mass is 16.1. The van der Waals surface area contributed by atoms with Crippen LogP contribution in [0.25, 0.3) is 22.0 Å². The molecule has 2 saturated carbocycles. The van der Waals surface area contributed by atoms with Gasteiger partial charge in [-0.05, 0) is 62.1 Å². The maximum absolute atomic E-state index is 13.1. The third kappa shape index (κ3) is 6.07. The summed E-state index contributed by atoms with van der Waals surface area (Å²) in [5.74, 6) is 1.33. The van der Waals surface area contributed by atoms with E-state index in [-0.39, 0.29) is 17.5 Å². The van der Waals surface area contributed by atoms with Crippen molar-refractivity contribution in [3.8, 4) is 17.2 Å². The lowest BCUT2D eigenvalue weighted by Gasteiger charge is -2.30. The molecule has 36 heavy (non-hydrogen) atoms. The van der Waals surface area contributed by atoms with E-state index in [0.29, 0.717) is 11.6 Å². The number of hydrogen-bond acceptors (Lipinski definition) is 6. The molecule has 3 aromatic rings. The molecule has 1 N–H and O–H groups in total. The van der Waals surface area contributed by atoms with Crippen molar-refractivity contribution in [2.75, 3.05) is 5.32 Å². The predicted octanol–water partition coefficient (Wildman–Crippen LogP) is 7.34. The Labute approximate surface area is 214 Å². The van der Waals surface area contributed by atoms with Gasteiger partial charge in [0, 0.05) is 41.5 Å². The van der Waals surface area contributed by atoms with Crippen LogP contribution in [-0.2, 0) is 0 Å². The van der Waals surface area contributed by atoms with Gasteiger partial charge in [-0.1, -0.05) is 46.1 Å². The second-order valence-electron chi connectivity index (χ2n) is 10.2. The molecule has 0 spiro atoms. The summed E-state index contributed by atoms with van der Waals surface area (Å²) in [6.45, 7) is 6.51. The van der Waals surface area contributed by atoms with E-state index in [2.05, 4.69) is 47.1 Å². The molecule has 0 bridgehead atoms. The van der Waals surface area contributed by atoms with Crippen LogP contribution in [0, 0.1) is 23.2 Å². The van der Waals surface area contributed by atoms with E-state index in [0.717, 1.165) is 59.3 Å². The lowest BCUT2D eigenvalue weighted by Crippen LogP contribution is -2.27. The number of ketones is 1. The number of fused-ring (bicyclic) bond motifs is 1. The van der Waals surface area contributed by atoms with Crippen molar-refractivity contribution in [1.29, 1.82) is 5.26 Å². The number of Topliss-reactive ketones (excluding diaryl/α,β-unsaturated/α-hetero) is 1. The van der Waals surface area contributed by atoms with Gasteiger partial charge in [-0.15, -0.1) is 0 Å². The summed E-state index contributed by atoms with van der Waals surface area (Å²) in [5.41, 5.74) is 4.28. The molecule has 2 aliphatic carbocycles. The van der Waals surface area contributed by atoms with Gasteiger partial charge in [0.15, 0.2) is 5.78 Å². The Morgan fingerprint density at radius 2 is 1.67 bits per heavy atom. The fourth-order valence-corrected chi connectivity index (χ4v) is 5.02. The molecule has 0 amide bonds. The minimum Gasteiger partial charge on any atom is -0.381 e. The van der Waals surface area contributed by atoms with E-state index >= 15 is 0 Å². The number of nitrogens with zero attached hydrogens (tertiary/aromatic N) is 4. The zero-order valence-electron chi connectivity index (χ0n) is 21.8. The van der Waals surface area contributed by atoms with Crippen LogP contribution in [0.15, 0.2) is 36.8 Å². The zero-order chi connectivity index (χ0) is 25.5. The van der Waals surface area contributed by atoms with Gasteiger partial charge in [0.25, 0.3) is 0 Å². The largest absolute Gasteiger partial charge is 0.381 e. The van der Waals surface area contributed by atoms with Gasteiger partial charge in [0.1, 0.15) is 6.07 Å². The Morgan fingerprint density at radius 3 is 2.28 bits per heavy atom. The summed E-state index contributed by atoms with van der Waals surface area (Å²) in [7, 11) is 0. The minimum absolute atomic E-state index is 0.139.